The normalized spacial score (nSPS) is 13.6. The number of ether oxygens (including phenoxy) is 2. The average Bonchev–Trinajstić information content (AvgIpc) is 3.76. The zero-order chi connectivity index (χ0) is 34.7. The zero-order valence-electron chi connectivity index (χ0n) is 29.1. The summed E-state index contributed by atoms with van der Waals surface area (Å²) in [5.74, 6) is 3.92. The van der Waals surface area contributed by atoms with Crippen molar-refractivity contribution in [3.8, 4) is 22.6 Å². The van der Waals surface area contributed by atoms with Gasteiger partial charge in [0.05, 0.1) is 38.0 Å². The summed E-state index contributed by atoms with van der Waals surface area (Å²) in [6.45, 7) is 5.21. The van der Waals surface area contributed by atoms with Crippen molar-refractivity contribution in [1.29, 1.82) is 0 Å². The number of aromatic nitrogens is 7. The lowest BCUT2D eigenvalue weighted by Crippen LogP contribution is -2.45. The Balaban J connectivity index is 1.27. The molecule has 0 bridgehead atoms. The number of likely N-dealkylation sites (N-methyl/N-ethyl adjacent to an activating group) is 1. The fourth-order valence-electron chi connectivity index (χ4n) is 6.60. The molecular formula is C39H40N10O2. The Morgan fingerprint density at radius 3 is 2.12 bits per heavy atom. The van der Waals surface area contributed by atoms with Crippen LogP contribution in [0.1, 0.15) is 17.0 Å². The summed E-state index contributed by atoms with van der Waals surface area (Å²) in [7, 11) is 5.52. The molecule has 0 amide bonds. The molecular weight excluding hydrogens is 640 g/mol. The van der Waals surface area contributed by atoms with E-state index in [-0.39, 0.29) is 0 Å². The molecule has 12 nitrogen and oxygen atoms in total. The Labute approximate surface area is 296 Å². The second kappa shape index (κ2) is 14.1. The van der Waals surface area contributed by atoms with Gasteiger partial charge in [0.25, 0.3) is 0 Å². The lowest BCUT2D eigenvalue weighted by atomic mass is 10.1. The number of para-hydroxylation sites is 2. The molecule has 0 saturated carbocycles. The fraction of sp³-hybridized carbons (Fsp3) is 0.256. The second-order valence-corrected chi connectivity index (χ2v) is 12.8. The smallest absolute Gasteiger partial charge is 0.232 e. The fourth-order valence-corrected chi connectivity index (χ4v) is 6.60. The van der Waals surface area contributed by atoms with Gasteiger partial charge < -0.3 is 28.7 Å². The van der Waals surface area contributed by atoms with Crippen molar-refractivity contribution in [2.75, 3.05) is 57.2 Å². The molecule has 3 aromatic carbocycles. The van der Waals surface area contributed by atoms with Crippen molar-refractivity contribution in [2.45, 2.75) is 19.6 Å². The number of rotatable bonds is 11. The monoisotopic (exact) mass is 680 g/mol. The Morgan fingerprint density at radius 1 is 0.725 bits per heavy atom. The molecule has 51 heavy (non-hydrogen) atoms. The SMILES string of the molecule is COc1ccc(CN(Cc2nc3ccccc3n2Cc2ccc(OC)cc2)c2nc(N3CCN(C)CC3)nc3c(-c4ccncc4)cnn23)cc1. The van der Waals surface area contributed by atoms with Crippen LogP contribution in [0.15, 0.2) is 104 Å². The van der Waals surface area contributed by atoms with Gasteiger partial charge in [0.1, 0.15) is 17.3 Å². The van der Waals surface area contributed by atoms with Gasteiger partial charge in [-0.15, -0.1) is 0 Å². The summed E-state index contributed by atoms with van der Waals surface area (Å²) in [5, 5.41) is 4.92. The molecule has 0 N–H and O–H groups in total. The van der Waals surface area contributed by atoms with Gasteiger partial charge in [-0.1, -0.05) is 36.4 Å². The van der Waals surface area contributed by atoms with E-state index in [1.807, 2.05) is 53.2 Å². The van der Waals surface area contributed by atoms with Gasteiger partial charge in [-0.05, 0) is 72.3 Å². The molecule has 1 saturated heterocycles. The van der Waals surface area contributed by atoms with Crippen LogP contribution in [0.25, 0.3) is 27.8 Å². The molecule has 0 unspecified atom stereocenters. The number of hydrogen-bond acceptors (Lipinski definition) is 10. The van der Waals surface area contributed by atoms with E-state index >= 15 is 0 Å². The molecule has 1 fully saturated rings. The first kappa shape index (κ1) is 32.2. The largest absolute Gasteiger partial charge is 0.497 e. The summed E-state index contributed by atoms with van der Waals surface area (Å²) < 4.78 is 15.1. The van der Waals surface area contributed by atoms with Crippen LogP contribution < -0.4 is 19.3 Å². The van der Waals surface area contributed by atoms with Gasteiger partial charge in [0.15, 0.2) is 5.65 Å². The van der Waals surface area contributed by atoms with Crippen LogP contribution in [0.2, 0.25) is 0 Å². The number of hydrogen-bond donors (Lipinski definition) is 0. The standard InChI is InChI=1S/C39H40N10O2/c1-45-20-22-46(23-21-45)38-43-37-33(30-16-18-40-19-17-30)24-41-49(37)39(44-38)47(25-28-8-12-31(50-2)13-9-28)27-36-42-34-6-4-5-7-35(34)48(36)26-29-10-14-32(51-3)15-11-29/h4-19,24H,20-23,25-27H2,1-3H3. The van der Waals surface area contributed by atoms with Gasteiger partial charge in [0, 0.05) is 57.2 Å². The highest BCUT2D eigenvalue weighted by atomic mass is 16.5. The third-order valence-corrected chi connectivity index (χ3v) is 9.50. The lowest BCUT2D eigenvalue weighted by molar-refractivity contribution is 0.311. The van der Waals surface area contributed by atoms with Crippen molar-refractivity contribution in [1.82, 2.24) is 39.0 Å². The summed E-state index contributed by atoms with van der Waals surface area (Å²) in [6, 6.07) is 28.7. The number of anilines is 2. The maximum absolute atomic E-state index is 5.48. The molecule has 258 valence electrons. The molecule has 0 spiro atoms. The first-order valence-electron chi connectivity index (χ1n) is 17.1. The summed E-state index contributed by atoms with van der Waals surface area (Å²) in [4.78, 5) is 26.8. The topological polar surface area (TPSA) is 102 Å². The van der Waals surface area contributed by atoms with Crippen molar-refractivity contribution < 1.29 is 9.47 Å². The van der Waals surface area contributed by atoms with E-state index in [2.05, 4.69) is 73.8 Å². The first-order chi connectivity index (χ1) is 25.1. The van der Waals surface area contributed by atoms with E-state index in [9.17, 15) is 0 Å². The minimum Gasteiger partial charge on any atom is -0.497 e. The van der Waals surface area contributed by atoms with E-state index in [4.69, 9.17) is 29.5 Å². The minimum atomic E-state index is 0.468. The molecule has 1 aliphatic rings. The van der Waals surface area contributed by atoms with Gasteiger partial charge in [-0.25, -0.2) is 4.98 Å². The molecule has 5 heterocycles. The Hall–Kier alpha value is -6.01. The number of piperazine rings is 1. The average molecular weight is 681 g/mol. The Bertz CT molecular complexity index is 2240. The molecule has 8 rings (SSSR count). The Morgan fingerprint density at radius 2 is 1.41 bits per heavy atom. The first-order valence-corrected chi connectivity index (χ1v) is 17.1. The van der Waals surface area contributed by atoms with E-state index in [1.54, 1.807) is 26.6 Å². The number of imidazole rings is 1. The minimum absolute atomic E-state index is 0.468. The number of fused-ring (bicyclic) bond motifs is 2. The molecule has 0 atom stereocenters. The van der Waals surface area contributed by atoms with Crippen LogP contribution in [-0.2, 0) is 19.6 Å². The van der Waals surface area contributed by atoms with Crippen LogP contribution in [-0.4, -0.2) is 86.5 Å². The van der Waals surface area contributed by atoms with E-state index in [0.717, 1.165) is 82.4 Å². The van der Waals surface area contributed by atoms with Crippen molar-refractivity contribution in [3.05, 3.63) is 120 Å². The molecule has 0 aliphatic carbocycles. The quantitative estimate of drug-likeness (QED) is 0.173. The van der Waals surface area contributed by atoms with E-state index < -0.39 is 0 Å². The maximum Gasteiger partial charge on any atom is 0.232 e. The number of nitrogens with zero attached hydrogens (tertiary/aromatic N) is 10. The maximum atomic E-state index is 5.48. The van der Waals surface area contributed by atoms with Gasteiger partial charge >= 0.3 is 0 Å². The van der Waals surface area contributed by atoms with Crippen LogP contribution in [0.4, 0.5) is 11.9 Å². The third kappa shape index (κ3) is 6.65. The number of pyridine rings is 1. The van der Waals surface area contributed by atoms with Gasteiger partial charge in [-0.3, -0.25) is 4.98 Å². The van der Waals surface area contributed by atoms with Crippen molar-refractivity contribution in [3.63, 3.8) is 0 Å². The van der Waals surface area contributed by atoms with E-state index in [1.165, 1.54) is 0 Å². The highest BCUT2D eigenvalue weighted by Gasteiger charge is 2.25. The molecule has 1 aliphatic heterocycles. The summed E-state index contributed by atoms with van der Waals surface area (Å²) in [5.41, 5.74) is 6.92. The third-order valence-electron chi connectivity index (χ3n) is 9.50. The summed E-state index contributed by atoms with van der Waals surface area (Å²) in [6.07, 6.45) is 5.47. The van der Waals surface area contributed by atoms with E-state index in [0.29, 0.717) is 31.5 Å². The van der Waals surface area contributed by atoms with Crippen molar-refractivity contribution in [2.24, 2.45) is 0 Å². The predicted molar refractivity (Wildman–Crippen MR) is 198 cm³/mol. The number of methoxy groups -OCH3 is 2. The van der Waals surface area contributed by atoms with Crippen molar-refractivity contribution >= 4 is 28.6 Å². The molecule has 12 heteroatoms. The predicted octanol–water partition coefficient (Wildman–Crippen LogP) is 5.56. The second-order valence-electron chi connectivity index (χ2n) is 12.8. The van der Waals surface area contributed by atoms with Gasteiger partial charge in [0.2, 0.25) is 11.9 Å². The van der Waals surface area contributed by atoms with Gasteiger partial charge in [-0.2, -0.15) is 19.6 Å². The van der Waals surface area contributed by atoms with Crippen LogP contribution in [0, 0.1) is 0 Å². The Kier molecular flexibility index (Phi) is 8.89. The number of benzene rings is 3. The highest BCUT2D eigenvalue weighted by molar-refractivity contribution is 5.79. The molecule has 4 aromatic heterocycles. The zero-order valence-corrected chi connectivity index (χ0v) is 29.1. The molecule has 0 radical (unpaired) electrons. The molecule has 7 aromatic rings. The lowest BCUT2D eigenvalue weighted by Gasteiger charge is -2.33. The van der Waals surface area contributed by atoms with Crippen LogP contribution in [0.5, 0.6) is 11.5 Å². The summed E-state index contributed by atoms with van der Waals surface area (Å²) >= 11 is 0. The highest BCUT2D eigenvalue weighted by Crippen LogP contribution is 2.30. The van der Waals surface area contributed by atoms with Crippen LogP contribution >= 0.6 is 0 Å². The van der Waals surface area contributed by atoms with Crippen LogP contribution in [0.3, 0.4) is 0 Å².